The van der Waals surface area contributed by atoms with Crippen LogP contribution in [-0.2, 0) is 14.1 Å². The molecule has 0 unspecified atom stereocenters. The molecular weight excluding hydrogens is 174 g/mol. The third-order valence-electron chi connectivity index (χ3n) is 1.92. The summed E-state index contributed by atoms with van der Waals surface area (Å²) in [5, 5.41) is 4.29. The van der Waals surface area contributed by atoms with Gasteiger partial charge in [0.25, 0.3) is 0 Å². The Morgan fingerprint density at radius 1 is 1.33 bits per heavy atom. The Morgan fingerprint density at radius 3 is 2.67 bits per heavy atom. The SMILES string of the molecule is Cn1nc2ccccc2[n+]1C.[Cl-]. The number of para-hydroxylation sites is 1. The van der Waals surface area contributed by atoms with E-state index in [9.17, 15) is 0 Å². The largest absolute Gasteiger partial charge is 1.00 e. The van der Waals surface area contributed by atoms with Gasteiger partial charge in [0, 0.05) is 5.10 Å². The Morgan fingerprint density at radius 2 is 2.00 bits per heavy atom. The van der Waals surface area contributed by atoms with Crippen molar-refractivity contribution in [2.24, 2.45) is 14.1 Å². The normalized spacial score (nSPS) is 9.83. The van der Waals surface area contributed by atoms with Crippen LogP contribution in [0, 0.1) is 0 Å². The first-order chi connectivity index (χ1) is 5.29. The molecule has 0 fully saturated rings. The quantitative estimate of drug-likeness (QED) is 0.411. The van der Waals surface area contributed by atoms with Gasteiger partial charge in [-0.15, -0.1) is 0 Å². The molecule has 2 rings (SSSR count). The second kappa shape index (κ2) is 3.11. The van der Waals surface area contributed by atoms with E-state index in [0.29, 0.717) is 0 Å². The highest BCUT2D eigenvalue weighted by molar-refractivity contribution is 5.69. The summed E-state index contributed by atoms with van der Waals surface area (Å²) in [7, 11) is 3.93. The van der Waals surface area contributed by atoms with Crippen molar-refractivity contribution < 1.29 is 17.1 Å². The van der Waals surface area contributed by atoms with E-state index >= 15 is 0 Å². The summed E-state index contributed by atoms with van der Waals surface area (Å²) in [6.07, 6.45) is 0. The van der Waals surface area contributed by atoms with Gasteiger partial charge in [0.2, 0.25) is 11.0 Å². The predicted octanol–water partition coefficient (Wildman–Crippen LogP) is -2.60. The zero-order valence-corrected chi connectivity index (χ0v) is 7.78. The molecule has 0 aliphatic carbocycles. The lowest BCUT2D eigenvalue weighted by Gasteiger charge is -1.85. The van der Waals surface area contributed by atoms with Crippen LogP contribution in [0.5, 0.6) is 0 Å². The van der Waals surface area contributed by atoms with Crippen molar-refractivity contribution in [2.45, 2.75) is 0 Å². The maximum absolute atomic E-state index is 4.29. The van der Waals surface area contributed by atoms with E-state index in [2.05, 4.69) is 11.2 Å². The Hall–Kier alpha value is -1.09. The zero-order valence-electron chi connectivity index (χ0n) is 7.03. The average molecular weight is 184 g/mol. The van der Waals surface area contributed by atoms with Crippen LogP contribution in [-0.4, -0.2) is 9.90 Å². The van der Waals surface area contributed by atoms with E-state index in [1.165, 1.54) is 0 Å². The molecule has 2 aromatic rings. The van der Waals surface area contributed by atoms with Gasteiger partial charge in [-0.1, -0.05) is 12.1 Å². The first kappa shape index (κ1) is 9.00. The van der Waals surface area contributed by atoms with Gasteiger partial charge >= 0.3 is 0 Å². The number of benzene rings is 1. The summed E-state index contributed by atoms with van der Waals surface area (Å²) in [6.45, 7) is 0. The van der Waals surface area contributed by atoms with Gasteiger partial charge in [0.05, 0.1) is 7.05 Å². The van der Waals surface area contributed by atoms with Crippen LogP contribution in [0.4, 0.5) is 0 Å². The molecule has 0 saturated heterocycles. The van der Waals surface area contributed by atoms with Crippen LogP contribution in [0.15, 0.2) is 24.3 Å². The van der Waals surface area contributed by atoms with Crippen LogP contribution in [0.3, 0.4) is 0 Å². The van der Waals surface area contributed by atoms with Crippen molar-refractivity contribution in [3.05, 3.63) is 24.3 Å². The zero-order chi connectivity index (χ0) is 7.84. The number of aromatic nitrogens is 3. The Kier molecular flexibility index (Phi) is 2.33. The summed E-state index contributed by atoms with van der Waals surface area (Å²) < 4.78 is 2.01. The average Bonchev–Trinajstić information content (AvgIpc) is 2.30. The van der Waals surface area contributed by atoms with Gasteiger partial charge in [-0.25, -0.2) is 0 Å². The fraction of sp³-hybridized carbons (Fsp3) is 0.250. The molecule has 0 bridgehead atoms. The molecule has 1 aromatic carbocycles. The molecule has 0 amide bonds. The molecule has 0 N–H and O–H groups in total. The molecule has 0 spiro atoms. The van der Waals surface area contributed by atoms with Crippen molar-refractivity contribution in [3.8, 4) is 0 Å². The van der Waals surface area contributed by atoms with E-state index in [1.54, 1.807) is 0 Å². The molecular formula is C8H10ClN3. The lowest BCUT2D eigenvalue weighted by molar-refractivity contribution is -0.733. The minimum Gasteiger partial charge on any atom is -1.00 e. The molecule has 64 valence electrons. The van der Waals surface area contributed by atoms with Gasteiger partial charge < -0.3 is 12.4 Å². The summed E-state index contributed by atoms with van der Waals surface area (Å²) >= 11 is 0. The fourth-order valence-corrected chi connectivity index (χ4v) is 1.20. The highest BCUT2D eigenvalue weighted by Crippen LogP contribution is 2.03. The predicted molar refractivity (Wildman–Crippen MR) is 41.9 cm³/mol. The Balaban J connectivity index is 0.000000720. The van der Waals surface area contributed by atoms with Gasteiger partial charge in [-0.05, 0) is 16.9 Å². The van der Waals surface area contributed by atoms with Crippen LogP contribution in [0.1, 0.15) is 0 Å². The molecule has 0 atom stereocenters. The van der Waals surface area contributed by atoms with E-state index in [-0.39, 0.29) is 12.4 Å². The number of nitrogens with zero attached hydrogens (tertiary/aromatic N) is 3. The first-order valence-electron chi connectivity index (χ1n) is 3.57. The number of fused-ring (bicyclic) bond motifs is 1. The first-order valence-corrected chi connectivity index (χ1v) is 3.57. The van der Waals surface area contributed by atoms with Crippen LogP contribution in [0.2, 0.25) is 0 Å². The van der Waals surface area contributed by atoms with Crippen molar-refractivity contribution in [2.75, 3.05) is 0 Å². The maximum atomic E-state index is 4.29. The van der Waals surface area contributed by atoms with Gasteiger partial charge in [0.1, 0.15) is 7.05 Å². The van der Waals surface area contributed by atoms with Crippen LogP contribution >= 0.6 is 0 Å². The lowest BCUT2D eigenvalue weighted by Crippen LogP contribution is -3.00. The molecule has 1 aromatic heterocycles. The van der Waals surface area contributed by atoms with Crippen molar-refractivity contribution in [3.63, 3.8) is 0 Å². The second-order valence-corrected chi connectivity index (χ2v) is 2.60. The molecule has 1 heterocycles. The number of hydrogen-bond donors (Lipinski definition) is 0. The fourth-order valence-electron chi connectivity index (χ4n) is 1.20. The molecule has 3 nitrogen and oxygen atoms in total. The van der Waals surface area contributed by atoms with Gasteiger partial charge in [-0.2, -0.15) is 4.68 Å². The lowest BCUT2D eigenvalue weighted by atomic mass is 10.3. The monoisotopic (exact) mass is 183 g/mol. The van der Waals surface area contributed by atoms with E-state index < -0.39 is 0 Å². The van der Waals surface area contributed by atoms with Gasteiger partial charge in [-0.3, -0.25) is 0 Å². The summed E-state index contributed by atoms with van der Waals surface area (Å²) in [4.78, 5) is 1.82. The van der Waals surface area contributed by atoms with Crippen molar-refractivity contribution in [1.29, 1.82) is 0 Å². The summed E-state index contributed by atoms with van der Waals surface area (Å²) in [6, 6.07) is 8.08. The Bertz CT molecular complexity index is 394. The number of halogens is 1. The summed E-state index contributed by atoms with van der Waals surface area (Å²) in [5.41, 5.74) is 2.20. The van der Waals surface area contributed by atoms with Gasteiger partial charge in [0.15, 0.2) is 0 Å². The summed E-state index contributed by atoms with van der Waals surface area (Å²) in [5.74, 6) is 0. The maximum Gasteiger partial charge on any atom is 0.249 e. The highest BCUT2D eigenvalue weighted by atomic mass is 35.5. The molecule has 0 radical (unpaired) electrons. The highest BCUT2D eigenvalue weighted by Gasteiger charge is 2.09. The smallest absolute Gasteiger partial charge is 0.249 e. The van der Waals surface area contributed by atoms with Crippen molar-refractivity contribution >= 4 is 11.0 Å². The Labute approximate surface area is 77.0 Å². The van der Waals surface area contributed by atoms with Crippen LogP contribution in [0.25, 0.3) is 11.0 Å². The van der Waals surface area contributed by atoms with E-state index in [0.717, 1.165) is 11.0 Å². The third kappa shape index (κ3) is 1.16. The number of hydrogen-bond acceptors (Lipinski definition) is 1. The van der Waals surface area contributed by atoms with Crippen LogP contribution < -0.4 is 17.1 Å². The molecule has 12 heavy (non-hydrogen) atoms. The molecule has 4 heteroatoms. The minimum absolute atomic E-state index is 0. The van der Waals surface area contributed by atoms with E-state index in [1.807, 2.05) is 41.8 Å². The second-order valence-electron chi connectivity index (χ2n) is 2.60. The number of rotatable bonds is 0. The third-order valence-corrected chi connectivity index (χ3v) is 1.92. The topological polar surface area (TPSA) is 21.7 Å². The minimum atomic E-state index is 0. The molecule has 0 aliphatic heterocycles. The van der Waals surface area contributed by atoms with E-state index in [4.69, 9.17) is 0 Å². The standard InChI is InChI=1S/C8H10N3.ClH/c1-10-8-6-4-3-5-7(8)9-11(10)2;/h3-6H,1-2H3;1H/q+1;/p-1. The number of aryl methyl sites for hydroxylation is 2. The molecule has 0 saturated carbocycles. The van der Waals surface area contributed by atoms with Crippen molar-refractivity contribution in [1.82, 2.24) is 9.90 Å². The molecule has 0 aliphatic rings.